The predicted octanol–water partition coefficient (Wildman–Crippen LogP) is 7.72. The summed E-state index contributed by atoms with van der Waals surface area (Å²) >= 11 is 6.15. The van der Waals surface area contributed by atoms with E-state index in [1.54, 1.807) is 0 Å². The molecule has 30 heavy (non-hydrogen) atoms. The van der Waals surface area contributed by atoms with E-state index < -0.39 is 0 Å². The molecule has 1 heterocycles. The molecular formula is C27H30ClNO. The second kappa shape index (κ2) is 8.81. The van der Waals surface area contributed by atoms with E-state index in [2.05, 4.69) is 52.1 Å². The molecule has 0 aliphatic heterocycles. The van der Waals surface area contributed by atoms with Crippen LogP contribution in [-0.2, 0) is 19.4 Å². The van der Waals surface area contributed by atoms with Crippen LogP contribution >= 0.6 is 11.6 Å². The molecule has 3 heteroatoms. The number of rotatable bonds is 6. The molecule has 1 aliphatic rings. The first-order chi connectivity index (χ1) is 14.4. The molecule has 0 unspecified atom stereocenters. The first kappa shape index (κ1) is 20.9. The zero-order valence-corrected chi connectivity index (χ0v) is 19.1. The fourth-order valence-electron chi connectivity index (χ4n) is 4.56. The summed E-state index contributed by atoms with van der Waals surface area (Å²) in [6.07, 6.45) is 8.81. The van der Waals surface area contributed by atoms with Crippen molar-refractivity contribution in [2.24, 2.45) is 0 Å². The number of aryl methyl sites for hydroxylation is 3. The van der Waals surface area contributed by atoms with Crippen LogP contribution in [0, 0.1) is 6.92 Å². The minimum Gasteiger partial charge on any atom is -0.489 e. The third kappa shape index (κ3) is 4.25. The maximum Gasteiger partial charge on any atom is 0.124 e. The summed E-state index contributed by atoms with van der Waals surface area (Å²) in [7, 11) is 0. The third-order valence-electron chi connectivity index (χ3n) is 6.10. The van der Waals surface area contributed by atoms with Crippen molar-refractivity contribution in [1.29, 1.82) is 0 Å². The first-order valence-corrected chi connectivity index (χ1v) is 11.3. The van der Waals surface area contributed by atoms with Gasteiger partial charge in [-0.25, -0.2) is 0 Å². The smallest absolute Gasteiger partial charge is 0.124 e. The number of hydrogen-bond acceptors (Lipinski definition) is 2. The van der Waals surface area contributed by atoms with Gasteiger partial charge < -0.3 is 4.74 Å². The van der Waals surface area contributed by atoms with E-state index in [4.69, 9.17) is 21.3 Å². The van der Waals surface area contributed by atoms with Crippen molar-refractivity contribution in [3.8, 4) is 5.75 Å². The predicted molar refractivity (Wildman–Crippen MR) is 127 cm³/mol. The zero-order chi connectivity index (χ0) is 21.3. The van der Waals surface area contributed by atoms with Gasteiger partial charge in [0, 0.05) is 22.2 Å². The van der Waals surface area contributed by atoms with E-state index in [1.165, 1.54) is 33.2 Å². The summed E-state index contributed by atoms with van der Waals surface area (Å²) < 4.78 is 6.37. The van der Waals surface area contributed by atoms with Crippen molar-refractivity contribution in [3.63, 3.8) is 0 Å². The Kier molecular flexibility index (Phi) is 6.15. The van der Waals surface area contributed by atoms with E-state index in [1.807, 2.05) is 18.2 Å². The van der Waals surface area contributed by atoms with Gasteiger partial charge in [-0.15, -0.1) is 0 Å². The van der Waals surface area contributed by atoms with Crippen LogP contribution in [0.25, 0.3) is 10.9 Å². The first-order valence-electron chi connectivity index (χ1n) is 10.9. The van der Waals surface area contributed by atoms with Gasteiger partial charge in [-0.1, -0.05) is 42.3 Å². The van der Waals surface area contributed by atoms with Crippen LogP contribution in [-0.4, -0.2) is 4.98 Å². The number of halogens is 1. The molecule has 1 aromatic heterocycles. The second-order valence-corrected chi connectivity index (χ2v) is 9.21. The van der Waals surface area contributed by atoms with Crippen molar-refractivity contribution in [3.05, 3.63) is 81.0 Å². The monoisotopic (exact) mass is 419 g/mol. The highest BCUT2D eigenvalue weighted by atomic mass is 35.5. The van der Waals surface area contributed by atoms with Crippen LogP contribution in [0.2, 0.25) is 5.02 Å². The molecule has 0 N–H and O–H groups in total. The Morgan fingerprint density at radius 1 is 1.27 bits per heavy atom. The van der Waals surface area contributed by atoms with Crippen molar-refractivity contribution in [2.75, 3.05) is 0 Å². The van der Waals surface area contributed by atoms with Crippen molar-refractivity contribution in [2.45, 2.75) is 65.9 Å². The summed E-state index contributed by atoms with van der Waals surface area (Å²) in [6.45, 7) is 9.30. The van der Waals surface area contributed by atoms with Gasteiger partial charge >= 0.3 is 0 Å². The quantitative estimate of drug-likeness (QED) is 0.381. The van der Waals surface area contributed by atoms with Crippen molar-refractivity contribution < 1.29 is 4.74 Å². The maximum atomic E-state index is 6.37. The summed E-state index contributed by atoms with van der Waals surface area (Å²) in [4.78, 5) is 4.89. The van der Waals surface area contributed by atoms with Gasteiger partial charge in [0.2, 0.25) is 0 Å². The molecule has 4 rings (SSSR count). The summed E-state index contributed by atoms with van der Waals surface area (Å²) in [5.41, 5.74) is 8.97. The van der Waals surface area contributed by atoms with Crippen LogP contribution in [0.1, 0.15) is 67.3 Å². The number of pyridine rings is 1. The summed E-state index contributed by atoms with van der Waals surface area (Å²) in [6, 6.07) is 10.1. The topological polar surface area (TPSA) is 22.1 Å². The average Bonchev–Trinajstić information content (AvgIpc) is 2.70. The largest absolute Gasteiger partial charge is 0.489 e. The molecule has 2 nitrogen and oxygen atoms in total. The lowest BCUT2D eigenvalue weighted by molar-refractivity contribution is 0.301. The van der Waals surface area contributed by atoms with Gasteiger partial charge in [-0.3, -0.25) is 4.98 Å². The van der Waals surface area contributed by atoms with E-state index in [9.17, 15) is 0 Å². The fraction of sp³-hybridized carbons (Fsp3) is 0.370. The zero-order valence-electron chi connectivity index (χ0n) is 18.4. The van der Waals surface area contributed by atoms with E-state index in [-0.39, 0.29) is 0 Å². The fourth-order valence-corrected chi connectivity index (χ4v) is 4.78. The van der Waals surface area contributed by atoms with Gasteiger partial charge in [0.25, 0.3) is 0 Å². The number of aromatic nitrogens is 1. The molecule has 3 aromatic rings. The normalized spacial score (nSPS) is 15.3. The Morgan fingerprint density at radius 2 is 2.10 bits per heavy atom. The molecule has 0 radical (unpaired) electrons. The number of nitrogens with zero attached hydrogens (tertiary/aromatic N) is 1. The third-order valence-corrected chi connectivity index (χ3v) is 6.34. The number of allylic oxidation sites excluding steroid dienone is 2. The molecule has 0 saturated carbocycles. The van der Waals surface area contributed by atoms with Gasteiger partial charge in [-0.2, -0.15) is 0 Å². The Bertz CT molecular complexity index is 1110. The highest BCUT2D eigenvalue weighted by molar-refractivity contribution is 6.30. The Labute approximate surface area is 184 Å². The molecule has 0 spiro atoms. The SMILES string of the molecule is CC(C)=CCCc1cnc2c(C)cc(OCc3cccc(Cl)c3)c3c2c1CC[C@H]3C. The minimum absolute atomic E-state index is 0.463. The Morgan fingerprint density at radius 3 is 2.87 bits per heavy atom. The average molecular weight is 420 g/mol. The molecular weight excluding hydrogens is 390 g/mol. The maximum absolute atomic E-state index is 6.37. The van der Waals surface area contributed by atoms with Gasteiger partial charge in [0.1, 0.15) is 12.4 Å². The Balaban J connectivity index is 1.76. The molecule has 0 saturated heterocycles. The second-order valence-electron chi connectivity index (χ2n) is 8.77. The molecule has 1 atom stereocenters. The molecule has 0 bridgehead atoms. The van der Waals surface area contributed by atoms with Gasteiger partial charge in [0.15, 0.2) is 0 Å². The highest BCUT2D eigenvalue weighted by Crippen LogP contribution is 2.44. The lowest BCUT2D eigenvalue weighted by Crippen LogP contribution is -2.12. The van der Waals surface area contributed by atoms with E-state index >= 15 is 0 Å². The van der Waals surface area contributed by atoms with Gasteiger partial charge in [-0.05, 0) is 92.8 Å². The molecule has 1 aliphatic carbocycles. The standard InChI is InChI=1S/C27H30ClNO/c1-17(2)7-5-9-21-15-29-27-19(4)13-24(25-18(3)11-12-23(21)26(25)27)30-16-20-8-6-10-22(28)14-20/h6-8,10,13-15,18H,5,9,11-12,16H2,1-4H3/t18-/m1/s1. The number of ether oxygens (including phenoxy) is 1. The molecule has 2 aromatic carbocycles. The van der Waals surface area contributed by atoms with Crippen molar-refractivity contribution >= 4 is 22.5 Å². The molecule has 156 valence electrons. The van der Waals surface area contributed by atoms with Gasteiger partial charge in [0.05, 0.1) is 5.52 Å². The Hall–Kier alpha value is -2.32. The molecule has 0 amide bonds. The van der Waals surface area contributed by atoms with Crippen LogP contribution in [0.15, 0.2) is 48.2 Å². The summed E-state index contributed by atoms with van der Waals surface area (Å²) in [5.74, 6) is 1.46. The van der Waals surface area contributed by atoms with E-state index in [0.717, 1.165) is 47.5 Å². The van der Waals surface area contributed by atoms with Crippen LogP contribution in [0.3, 0.4) is 0 Å². The van der Waals surface area contributed by atoms with Crippen molar-refractivity contribution in [1.82, 2.24) is 4.98 Å². The highest BCUT2D eigenvalue weighted by Gasteiger charge is 2.26. The van der Waals surface area contributed by atoms with E-state index in [0.29, 0.717) is 12.5 Å². The lowest BCUT2D eigenvalue weighted by Gasteiger charge is -2.28. The van der Waals surface area contributed by atoms with Crippen LogP contribution in [0.4, 0.5) is 0 Å². The number of benzene rings is 2. The molecule has 0 fully saturated rings. The number of hydrogen-bond donors (Lipinski definition) is 0. The van der Waals surface area contributed by atoms with Crippen LogP contribution in [0.5, 0.6) is 5.75 Å². The van der Waals surface area contributed by atoms with Crippen LogP contribution < -0.4 is 4.74 Å². The minimum atomic E-state index is 0.463. The summed E-state index contributed by atoms with van der Waals surface area (Å²) in [5, 5.41) is 2.08. The lowest BCUT2D eigenvalue weighted by atomic mass is 9.80.